The van der Waals surface area contributed by atoms with Gasteiger partial charge in [0.25, 0.3) is 0 Å². The number of carbonyl (C=O) groups is 2. The first-order valence-electron chi connectivity index (χ1n) is 10.9. The summed E-state index contributed by atoms with van der Waals surface area (Å²) in [6.07, 6.45) is 3.46. The summed E-state index contributed by atoms with van der Waals surface area (Å²) in [5, 5.41) is 18.8. The molecule has 0 aromatic heterocycles. The van der Waals surface area contributed by atoms with Gasteiger partial charge in [0.1, 0.15) is 11.2 Å². The van der Waals surface area contributed by atoms with Crippen LogP contribution in [0, 0.1) is 0 Å². The van der Waals surface area contributed by atoms with Crippen LogP contribution in [0.4, 0.5) is 9.59 Å². The maximum atomic E-state index is 11.7. The number of nitrogens with zero attached hydrogens (tertiary/aromatic N) is 2. The Morgan fingerprint density at radius 1 is 0.700 bits per heavy atom. The first-order chi connectivity index (χ1) is 13.6. The molecule has 0 aliphatic heterocycles. The van der Waals surface area contributed by atoms with E-state index < -0.39 is 11.2 Å². The molecule has 2 aliphatic carbocycles. The number of carbonyl (C=O) groups excluding carboxylic acids is 2. The molecule has 2 N–H and O–H groups in total. The molecule has 2 fully saturated rings. The van der Waals surface area contributed by atoms with Crippen LogP contribution in [0.15, 0.2) is 0 Å². The lowest BCUT2D eigenvalue weighted by Gasteiger charge is -2.28. The number of ether oxygens (including phenoxy) is 2. The molecule has 0 aromatic carbocycles. The van der Waals surface area contributed by atoms with E-state index in [4.69, 9.17) is 9.47 Å². The third kappa shape index (κ3) is 9.51. The average molecular weight is 431 g/mol. The van der Waals surface area contributed by atoms with Gasteiger partial charge in [0.2, 0.25) is 0 Å². The molecule has 0 heterocycles. The van der Waals surface area contributed by atoms with Crippen molar-refractivity contribution in [2.45, 2.75) is 116 Å². The van der Waals surface area contributed by atoms with Gasteiger partial charge in [-0.25, -0.2) is 9.59 Å². The normalized spacial score (nSPS) is 26.5. The highest BCUT2D eigenvalue weighted by atomic mass is 16.6. The van der Waals surface area contributed by atoms with E-state index in [1.165, 1.54) is 0 Å². The molecule has 0 spiro atoms. The van der Waals surface area contributed by atoms with Crippen molar-refractivity contribution in [2.75, 3.05) is 14.1 Å². The molecule has 2 aliphatic rings. The van der Waals surface area contributed by atoms with Crippen molar-refractivity contribution in [1.82, 2.24) is 9.80 Å². The van der Waals surface area contributed by atoms with Crippen LogP contribution in [0.2, 0.25) is 0 Å². The van der Waals surface area contributed by atoms with Gasteiger partial charge in [0.05, 0.1) is 12.2 Å². The summed E-state index contributed by atoms with van der Waals surface area (Å²) >= 11 is 0. The fourth-order valence-corrected chi connectivity index (χ4v) is 3.54. The van der Waals surface area contributed by atoms with Gasteiger partial charge >= 0.3 is 12.2 Å². The average Bonchev–Trinajstić information content (AvgIpc) is 3.19. The Bertz CT molecular complexity index is 519. The van der Waals surface area contributed by atoms with Gasteiger partial charge in [-0.1, -0.05) is 0 Å². The number of aliphatic hydroxyl groups excluding tert-OH is 2. The maximum Gasteiger partial charge on any atom is 0.410 e. The Balaban J connectivity index is 0.000000300. The molecule has 8 heteroatoms. The zero-order valence-electron chi connectivity index (χ0n) is 20.0. The molecule has 0 saturated heterocycles. The molecular weight excluding hydrogens is 388 g/mol. The van der Waals surface area contributed by atoms with Crippen molar-refractivity contribution in [3.63, 3.8) is 0 Å². The lowest BCUT2D eigenvalue weighted by Crippen LogP contribution is -2.39. The second kappa shape index (κ2) is 10.7. The van der Waals surface area contributed by atoms with Gasteiger partial charge in [-0.3, -0.25) is 0 Å². The summed E-state index contributed by atoms with van der Waals surface area (Å²) in [5.74, 6) is 0. The van der Waals surface area contributed by atoms with E-state index >= 15 is 0 Å². The predicted molar refractivity (Wildman–Crippen MR) is 115 cm³/mol. The SMILES string of the molecule is CN(C(=O)OC(C)(C)C)[C@@H]1CC[C@H](O)C1.CN(C(=O)OC(C)(C)C)[C@H]1CC[C@@H](O)C1. The van der Waals surface area contributed by atoms with Crippen LogP contribution in [0.25, 0.3) is 0 Å². The third-order valence-electron chi connectivity index (χ3n) is 5.21. The van der Waals surface area contributed by atoms with Gasteiger partial charge in [-0.15, -0.1) is 0 Å². The van der Waals surface area contributed by atoms with Crippen LogP contribution in [-0.4, -0.2) is 81.8 Å². The third-order valence-corrected chi connectivity index (χ3v) is 5.21. The fourth-order valence-electron chi connectivity index (χ4n) is 3.54. The van der Waals surface area contributed by atoms with Crippen molar-refractivity contribution in [1.29, 1.82) is 0 Å². The van der Waals surface area contributed by atoms with Crippen LogP contribution in [0.1, 0.15) is 80.1 Å². The van der Waals surface area contributed by atoms with Crippen molar-refractivity contribution >= 4 is 12.2 Å². The molecule has 0 bridgehead atoms. The summed E-state index contributed by atoms with van der Waals surface area (Å²) in [5.41, 5.74) is -0.912. The Morgan fingerprint density at radius 2 is 1.00 bits per heavy atom. The van der Waals surface area contributed by atoms with Crippen LogP contribution in [0.3, 0.4) is 0 Å². The predicted octanol–water partition coefficient (Wildman–Crippen LogP) is 3.53. The van der Waals surface area contributed by atoms with Crippen molar-refractivity contribution in [3.05, 3.63) is 0 Å². The first-order valence-corrected chi connectivity index (χ1v) is 10.9. The van der Waals surface area contributed by atoms with Gasteiger partial charge < -0.3 is 29.5 Å². The summed E-state index contributed by atoms with van der Waals surface area (Å²) < 4.78 is 10.5. The Kier molecular flexibility index (Phi) is 9.42. The van der Waals surface area contributed by atoms with Gasteiger partial charge in [-0.2, -0.15) is 0 Å². The highest BCUT2D eigenvalue weighted by Crippen LogP contribution is 2.25. The highest BCUT2D eigenvalue weighted by molar-refractivity contribution is 5.68. The minimum absolute atomic E-state index is 0.120. The minimum atomic E-state index is -0.456. The Labute approximate surface area is 181 Å². The van der Waals surface area contributed by atoms with E-state index in [-0.39, 0.29) is 36.5 Å². The first kappa shape index (κ1) is 26.5. The standard InChI is InChI=1S/2C11H21NO3/c2*1-11(2,3)15-10(14)12(4)8-5-6-9(13)7-8/h2*8-9,13H,5-7H2,1-4H3/t2*8-,9+/m10/s1. The fraction of sp³-hybridized carbons (Fsp3) is 0.909. The molecule has 8 nitrogen and oxygen atoms in total. The minimum Gasteiger partial charge on any atom is -0.444 e. The molecular formula is C22H42N2O6. The number of hydrogen-bond donors (Lipinski definition) is 2. The summed E-state index contributed by atoms with van der Waals surface area (Å²) in [4.78, 5) is 26.5. The van der Waals surface area contributed by atoms with Crippen LogP contribution >= 0.6 is 0 Å². The summed E-state index contributed by atoms with van der Waals surface area (Å²) in [7, 11) is 3.47. The molecule has 2 saturated carbocycles. The zero-order valence-corrected chi connectivity index (χ0v) is 20.0. The monoisotopic (exact) mass is 430 g/mol. The van der Waals surface area contributed by atoms with E-state index in [1.807, 2.05) is 41.5 Å². The molecule has 0 radical (unpaired) electrons. The number of aliphatic hydroxyl groups is 2. The quantitative estimate of drug-likeness (QED) is 0.695. The summed E-state index contributed by atoms with van der Waals surface area (Å²) in [6, 6.07) is 0.240. The zero-order chi connectivity index (χ0) is 23.3. The molecule has 0 aromatic rings. The second-order valence-electron chi connectivity index (χ2n) is 10.4. The lowest BCUT2D eigenvalue weighted by molar-refractivity contribution is 0.0205. The Hall–Kier alpha value is -1.54. The topological polar surface area (TPSA) is 99.5 Å². The molecule has 30 heavy (non-hydrogen) atoms. The van der Waals surface area contributed by atoms with Gasteiger partial charge in [0.15, 0.2) is 0 Å². The van der Waals surface area contributed by atoms with E-state index in [0.29, 0.717) is 12.8 Å². The number of hydrogen-bond acceptors (Lipinski definition) is 6. The lowest BCUT2D eigenvalue weighted by atomic mass is 10.2. The molecule has 2 rings (SSSR count). The molecule has 2 amide bonds. The number of amides is 2. The van der Waals surface area contributed by atoms with Crippen LogP contribution < -0.4 is 0 Å². The highest BCUT2D eigenvalue weighted by Gasteiger charge is 2.32. The summed E-state index contributed by atoms with van der Waals surface area (Å²) in [6.45, 7) is 11.1. The van der Waals surface area contributed by atoms with Gasteiger partial charge in [-0.05, 0) is 80.1 Å². The molecule has 4 atom stereocenters. The van der Waals surface area contributed by atoms with E-state index in [9.17, 15) is 19.8 Å². The van der Waals surface area contributed by atoms with Crippen LogP contribution in [-0.2, 0) is 9.47 Å². The number of rotatable bonds is 2. The molecule has 176 valence electrons. The van der Waals surface area contributed by atoms with E-state index in [1.54, 1.807) is 23.9 Å². The van der Waals surface area contributed by atoms with Crippen LogP contribution in [0.5, 0.6) is 0 Å². The van der Waals surface area contributed by atoms with E-state index in [2.05, 4.69) is 0 Å². The maximum absolute atomic E-state index is 11.7. The van der Waals surface area contributed by atoms with Gasteiger partial charge in [0, 0.05) is 26.2 Å². The second-order valence-corrected chi connectivity index (χ2v) is 10.4. The smallest absolute Gasteiger partial charge is 0.410 e. The Morgan fingerprint density at radius 3 is 1.20 bits per heavy atom. The van der Waals surface area contributed by atoms with Crippen molar-refractivity contribution < 1.29 is 29.3 Å². The van der Waals surface area contributed by atoms with Crippen molar-refractivity contribution in [3.8, 4) is 0 Å². The van der Waals surface area contributed by atoms with Crippen molar-refractivity contribution in [2.24, 2.45) is 0 Å². The largest absolute Gasteiger partial charge is 0.444 e. The van der Waals surface area contributed by atoms with E-state index in [0.717, 1.165) is 25.7 Å². The molecule has 0 unspecified atom stereocenters.